The summed E-state index contributed by atoms with van der Waals surface area (Å²) in [5.74, 6) is 0.338. The van der Waals surface area contributed by atoms with Crippen molar-refractivity contribution in [1.29, 1.82) is 0 Å². The number of hydrazone groups is 1. The van der Waals surface area contributed by atoms with E-state index in [0.29, 0.717) is 10.8 Å². The average Bonchev–Trinajstić information content (AvgIpc) is 3.04. The van der Waals surface area contributed by atoms with E-state index in [1.54, 1.807) is 36.5 Å². The summed E-state index contributed by atoms with van der Waals surface area (Å²) in [6.07, 6.45) is 0.339. The van der Waals surface area contributed by atoms with Crippen LogP contribution in [-0.2, 0) is 11.2 Å². The first kappa shape index (κ1) is 18.5. The molecule has 0 saturated carbocycles. The van der Waals surface area contributed by atoms with Gasteiger partial charge in [0, 0.05) is 9.90 Å². The first-order valence-corrected chi connectivity index (χ1v) is 8.96. The highest BCUT2D eigenvalue weighted by molar-refractivity contribution is 7.14. The van der Waals surface area contributed by atoms with Gasteiger partial charge in [-0.05, 0) is 63.1 Å². The van der Waals surface area contributed by atoms with Gasteiger partial charge in [-0.25, -0.2) is 5.43 Å². The summed E-state index contributed by atoms with van der Waals surface area (Å²) >= 11 is 7.60. The molecule has 2 aromatic rings. The van der Waals surface area contributed by atoms with Crippen molar-refractivity contribution in [3.63, 3.8) is 0 Å². The number of nitrogens with one attached hydrogen (secondary N) is 1. The molecular formula is C18H21ClN2O2S. The van der Waals surface area contributed by atoms with E-state index in [4.69, 9.17) is 16.3 Å². The summed E-state index contributed by atoms with van der Waals surface area (Å²) in [6.45, 7) is 7.56. The van der Waals surface area contributed by atoms with Gasteiger partial charge in [-0.3, -0.25) is 4.79 Å². The van der Waals surface area contributed by atoms with Crippen molar-refractivity contribution in [2.24, 2.45) is 5.10 Å². The first-order valence-electron chi connectivity index (χ1n) is 7.76. The van der Waals surface area contributed by atoms with Crippen LogP contribution in [0.1, 0.15) is 36.1 Å². The number of thiophene rings is 1. The number of halogens is 1. The van der Waals surface area contributed by atoms with Gasteiger partial charge in [-0.2, -0.15) is 5.10 Å². The zero-order valence-corrected chi connectivity index (χ0v) is 15.8. The lowest BCUT2D eigenvalue weighted by Gasteiger charge is -2.15. The molecule has 128 valence electrons. The van der Waals surface area contributed by atoms with E-state index in [-0.39, 0.29) is 5.91 Å². The topological polar surface area (TPSA) is 50.7 Å². The predicted molar refractivity (Wildman–Crippen MR) is 100 cm³/mol. The lowest BCUT2D eigenvalue weighted by atomic mass is 10.2. The standard InChI is InChI=1S/C18H21ClN2O2S/c1-5-15-7-9-17(24-15)12(3)20-21-18(22)13(4)23-16-8-6-14(19)10-11(16)2/h6-10,13H,5H2,1-4H3,(H,21,22). The van der Waals surface area contributed by atoms with Crippen molar-refractivity contribution in [2.45, 2.75) is 40.2 Å². The number of nitrogens with zero attached hydrogens (tertiary/aromatic N) is 1. The Balaban J connectivity index is 1.96. The Labute approximate surface area is 151 Å². The van der Waals surface area contributed by atoms with Crippen molar-refractivity contribution in [3.8, 4) is 5.75 Å². The van der Waals surface area contributed by atoms with Crippen LogP contribution in [0.2, 0.25) is 5.02 Å². The van der Waals surface area contributed by atoms with Crippen LogP contribution in [0, 0.1) is 6.92 Å². The van der Waals surface area contributed by atoms with Gasteiger partial charge in [0.1, 0.15) is 5.75 Å². The predicted octanol–water partition coefficient (Wildman–Crippen LogP) is 4.58. The van der Waals surface area contributed by atoms with Crippen LogP contribution in [0.25, 0.3) is 0 Å². The molecule has 0 fully saturated rings. The molecule has 0 saturated heterocycles. The van der Waals surface area contributed by atoms with Crippen molar-refractivity contribution in [3.05, 3.63) is 50.7 Å². The molecule has 1 unspecified atom stereocenters. The molecule has 0 aliphatic heterocycles. The molecule has 1 aromatic heterocycles. The number of rotatable bonds is 6. The third kappa shape index (κ3) is 4.82. The fourth-order valence-electron chi connectivity index (χ4n) is 2.04. The molecule has 2 rings (SSSR count). The minimum atomic E-state index is -0.657. The van der Waals surface area contributed by atoms with Gasteiger partial charge in [0.15, 0.2) is 6.10 Å². The third-order valence-corrected chi connectivity index (χ3v) is 5.08. The van der Waals surface area contributed by atoms with Crippen LogP contribution in [0.15, 0.2) is 35.4 Å². The maximum Gasteiger partial charge on any atom is 0.280 e. The van der Waals surface area contributed by atoms with Crippen LogP contribution in [-0.4, -0.2) is 17.7 Å². The van der Waals surface area contributed by atoms with Gasteiger partial charge < -0.3 is 4.74 Å². The number of carbonyl (C=O) groups excluding carboxylic acids is 1. The van der Waals surface area contributed by atoms with Gasteiger partial charge >= 0.3 is 0 Å². The van der Waals surface area contributed by atoms with E-state index in [1.807, 2.05) is 19.9 Å². The Hall–Kier alpha value is -1.85. The second kappa shape index (κ2) is 8.31. The van der Waals surface area contributed by atoms with Gasteiger partial charge in [0.05, 0.1) is 10.6 Å². The maximum atomic E-state index is 12.2. The number of benzene rings is 1. The van der Waals surface area contributed by atoms with Crippen molar-refractivity contribution >= 4 is 34.6 Å². The number of hydrogen-bond donors (Lipinski definition) is 1. The number of amides is 1. The zero-order valence-electron chi connectivity index (χ0n) is 14.2. The molecule has 0 radical (unpaired) electrons. The van der Waals surface area contributed by atoms with Crippen LogP contribution >= 0.6 is 22.9 Å². The Kier molecular flexibility index (Phi) is 6.40. The van der Waals surface area contributed by atoms with E-state index < -0.39 is 6.10 Å². The van der Waals surface area contributed by atoms with Gasteiger partial charge in [0.25, 0.3) is 5.91 Å². The summed E-state index contributed by atoms with van der Waals surface area (Å²) in [5.41, 5.74) is 4.23. The van der Waals surface area contributed by atoms with E-state index in [9.17, 15) is 4.79 Å². The maximum absolute atomic E-state index is 12.2. The van der Waals surface area contributed by atoms with Gasteiger partial charge in [0.2, 0.25) is 0 Å². The second-order valence-electron chi connectivity index (χ2n) is 5.46. The molecular weight excluding hydrogens is 344 g/mol. The van der Waals surface area contributed by atoms with E-state index in [1.165, 1.54) is 4.88 Å². The van der Waals surface area contributed by atoms with E-state index in [2.05, 4.69) is 23.5 Å². The van der Waals surface area contributed by atoms with Crippen molar-refractivity contribution < 1.29 is 9.53 Å². The molecule has 24 heavy (non-hydrogen) atoms. The summed E-state index contributed by atoms with van der Waals surface area (Å²) in [6, 6.07) is 9.39. The molecule has 0 aliphatic carbocycles. The highest BCUT2D eigenvalue weighted by Crippen LogP contribution is 2.23. The van der Waals surface area contributed by atoms with Gasteiger partial charge in [-0.1, -0.05) is 18.5 Å². The monoisotopic (exact) mass is 364 g/mol. The number of ether oxygens (including phenoxy) is 1. The van der Waals surface area contributed by atoms with Crippen LogP contribution in [0.5, 0.6) is 5.75 Å². The average molecular weight is 365 g/mol. The first-order chi connectivity index (χ1) is 11.4. The number of carbonyl (C=O) groups is 1. The van der Waals surface area contributed by atoms with Crippen molar-refractivity contribution in [2.75, 3.05) is 0 Å². The van der Waals surface area contributed by atoms with Gasteiger partial charge in [-0.15, -0.1) is 11.3 Å². The largest absolute Gasteiger partial charge is 0.481 e. The van der Waals surface area contributed by atoms with Crippen LogP contribution < -0.4 is 10.2 Å². The fourth-order valence-corrected chi connectivity index (χ4v) is 3.16. The molecule has 1 heterocycles. The highest BCUT2D eigenvalue weighted by Gasteiger charge is 2.15. The summed E-state index contributed by atoms with van der Waals surface area (Å²) < 4.78 is 5.68. The van der Waals surface area contributed by atoms with E-state index in [0.717, 1.165) is 22.6 Å². The lowest BCUT2D eigenvalue weighted by molar-refractivity contribution is -0.127. The number of aryl methyl sites for hydroxylation is 2. The minimum Gasteiger partial charge on any atom is -0.481 e. The molecule has 1 N–H and O–H groups in total. The molecule has 1 aromatic carbocycles. The quantitative estimate of drug-likeness (QED) is 0.602. The molecule has 0 spiro atoms. The van der Waals surface area contributed by atoms with E-state index >= 15 is 0 Å². The molecule has 1 amide bonds. The molecule has 6 heteroatoms. The highest BCUT2D eigenvalue weighted by atomic mass is 35.5. The Morgan fingerprint density at radius 3 is 2.75 bits per heavy atom. The Morgan fingerprint density at radius 1 is 1.38 bits per heavy atom. The third-order valence-electron chi connectivity index (χ3n) is 3.51. The molecule has 4 nitrogen and oxygen atoms in total. The fraction of sp³-hybridized carbons (Fsp3) is 0.333. The minimum absolute atomic E-state index is 0.295. The number of hydrogen-bond acceptors (Lipinski definition) is 4. The second-order valence-corrected chi connectivity index (χ2v) is 7.07. The summed E-state index contributed by atoms with van der Waals surface area (Å²) in [5, 5.41) is 4.81. The smallest absolute Gasteiger partial charge is 0.280 e. The SMILES string of the molecule is CCc1ccc(C(C)=NNC(=O)C(C)Oc2ccc(Cl)cc2C)s1. The Morgan fingerprint density at radius 2 is 2.12 bits per heavy atom. The van der Waals surface area contributed by atoms with Crippen molar-refractivity contribution in [1.82, 2.24) is 5.43 Å². The normalized spacial score (nSPS) is 12.8. The zero-order chi connectivity index (χ0) is 17.7. The molecule has 0 aliphatic rings. The molecule has 1 atom stereocenters. The van der Waals surface area contributed by atoms with Crippen LogP contribution in [0.3, 0.4) is 0 Å². The van der Waals surface area contributed by atoms with Crippen LogP contribution in [0.4, 0.5) is 0 Å². The summed E-state index contributed by atoms with van der Waals surface area (Å²) in [4.78, 5) is 14.5. The molecule has 0 bridgehead atoms. The summed E-state index contributed by atoms with van der Waals surface area (Å²) in [7, 11) is 0. The lowest BCUT2D eigenvalue weighted by Crippen LogP contribution is -2.34. The Bertz CT molecular complexity index is 755.